The molecule has 0 bridgehead atoms. The molecule has 0 aromatic carbocycles. The van der Waals surface area contributed by atoms with Gasteiger partial charge in [0.05, 0.1) is 24.1 Å². The number of pyridine rings is 1. The van der Waals surface area contributed by atoms with Gasteiger partial charge in [-0.25, -0.2) is 9.78 Å². The van der Waals surface area contributed by atoms with Gasteiger partial charge in [-0.3, -0.25) is 0 Å². The van der Waals surface area contributed by atoms with Crippen LogP contribution in [0.1, 0.15) is 49.4 Å². The lowest BCUT2D eigenvalue weighted by Crippen LogP contribution is -2.12. The van der Waals surface area contributed by atoms with E-state index >= 15 is 0 Å². The molecule has 0 radical (unpaired) electrons. The van der Waals surface area contributed by atoms with E-state index in [1.54, 1.807) is 30.9 Å². The summed E-state index contributed by atoms with van der Waals surface area (Å²) in [6.07, 6.45) is 7.84. The predicted molar refractivity (Wildman–Crippen MR) is 77.3 cm³/mol. The maximum atomic E-state index is 11.9. The Labute approximate surface area is 118 Å². The smallest absolute Gasteiger partial charge is 0.340 e. The number of nitrogen functional groups attached to an aromatic ring is 1. The lowest BCUT2D eigenvalue weighted by atomic mass is 10.0. The summed E-state index contributed by atoms with van der Waals surface area (Å²) in [6.45, 7) is 2.16. The summed E-state index contributed by atoms with van der Waals surface area (Å²) in [6, 6.07) is 1.66. The highest BCUT2D eigenvalue weighted by molar-refractivity contribution is 7.99. The van der Waals surface area contributed by atoms with Crippen molar-refractivity contribution in [3.05, 3.63) is 17.8 Å². The number of ether oxygens (including phenoxy) is 1. The van der Waals surface area contributed by atoms with Crippen molar-refractivity contribution in [3.8, 4) is 0 Å². The highest BCUT2D eigenvalue weighted by Crippen LogP contribution is 2.34. The van der Waals surface area contributed by atoms with Crippen LogP contribution < -0.4 is 5.73 Å². The van der Waals surface area contributed by atoms with Crippen molar-refractivity contribution in [1.82, 2.24) is 4.98 Å². The van der Waals surface area contributed by atoms with E-state index in [1.807, 2.05) is 0 Å². The van der Waals surface area contributed by atoms with E-state index in [9.17, 15) is 4.79 Å². The summed E-state index contributed by atoms with van der Waals surface area (Å²) >= 11 is 1.69. The van der Waals surface area contributed by atoms with E-state index in [0.29, 0.717) is 23.1 Å². The Morgan fingerprint density at radius 2 is 2.21 bits per heavy atom. The molecule has 0 atom stereocenters. The second-order valence-corrected chi connectivity index (χ2v) is 6.01. The molecule has 1 fully saturated rings. The third kappa shape index (κ3) is 3.86. The van der Waals surface area contributed by atoms with Crippen LogP contribution in [0.4, 0.5) is 5.69 Å². The Morgan fingerprint density at radius 3 is 2.89 bits per heavy atom. The number of aromatic nitrogens is 1. The van der Waals surface area contributed by atoms with Crippen molar-refractivity contribution in [3.63, 3.8) is 0 Å². The van der Waals surface area contributed by atoms with Gasteiger partial charge in [-0.05, 0) is 25.8 Å². The number of hydrogen-bond donors (Lipinski definition) is 1. The molecule has 2 N–H and O–H groups in total. The van der Waals surface area contributed by atoms with Gasteiger partial charge < -0.3 is 10.5 Å². The van der Waals surface area contributed by atoms with Crippen LogP contribution >= 0.6 is 11.8 Å². The van der Waals surface area contributed by atoms with Gasteiger partial charge in [0.25, 0.3) is 0 Å². The molecule has 0 spiro atoms. The normalized spacial score (nSPS) is 16.3. The Morgan fingerprint density at radius 1 is 1.47 bits per heavy atom. The molecule has 4 nitrogen and oxygen atoms in total. The number of nitrogens with two attached hydrogens (primary N) is 1. The zero-order chi connectivity index (χ0) is 13.7. The maximum Gasteiger partial charge on any atom is 0.340 e. The minimum absolute atomic E-state index is 0.333. The highest BCUT2D eigenvalue weighted by Gasteiger charge is 2.20. The fourth-order valence-corrected chi connectivity index (χ4v) is 3.53. The first-order chi connectivity index (χ1) is 9.20. The Balaban J connectivity index is 2.15. The standard InChI is InChI=1S/C14H20N2O2S/c1-2-18-14(17)12-8-10(15)9-16-13(12)19-11-6-4-3-5-7-11/h8-9,11H,2-7,15H2,1H3. The third-order valence-corrected chi connectivity index (χ3v) is 4.55. The molecule has 1 aliphatic rings. The Bertz CT molecular complexity index is 445. The van der Waals surface area contributed by atoms with Crippen molar-refractivity contribution in [2.75, 3.05) is 12.3 Å². The predicted octanol–water partition coefficient (Wildman–Crippen LogP) is 3.27. The quantitative estimate of drug-likeness (QED) is 0.857. The number of carbonyl (C=O) groups is 1. The van der Waals surface area contributed by atoms with Gasteiger partial charge in [-0.15, -0.1) is 11.8 Å². The van der Waals surface area contributed by atoms with E-state index < -0.39 is 0 Å². The second-order valence-electron chi connectivity index (χ2n) is 4.72. The lowest BCUT2D eigenvalue weighted by molar-refractivity contribution is 0.0521. The fraction of sp³-hybridized carbons (Fsp3) is 0.571. The van der Waals surface area contributed by atoms with Gasteiger partial charge in [0.2, 0.25) is 0 Å². The minimum atomic E-state index is -0.333. The molecule has 0 amide bonds. The van der Waals surface area contributed by atoms with Gasteiger partial charge >= 0.3 is 5.97 Å². The van der Waals surface area contributed by atoms with Gasteiger partial charge in [-0.2, -0.15) is 0 Å². The van der Waals surface area contributed by atoms with Crippen molar-refractivity contribution >= 4 is 23.4 Å². The van der Waals surface area contributed by atoms with Crippen molar-refractivity contribution in [2.45, 2.75) is 49.3 Å². The van der Waals surface area contributed by atoms with Crippen LogP contribution in [0.15, 0.2) is 17.3 Å². The lowest BCUT2D eigenvalue weighted by Gasteiger charge is -2.21. The van der Waals surface area contributed by atoms with E-state index in [2.05, 4.69) is 4.98 Å². The Kier molecular flexibility index (Phi) is 5.07. The summed E-state index contributed by atoms with van der Waals surface area (Å²) in [7, 11) is 0. The molecule has 1 saturated carbocycles. The summed E-state index contributed by atoms with van der Waals surface area (Å²) < 4.78 is 5.06. The van der Waals surface area contributed by atoms with Gasteiger partial charge in [-0.1, -0.05) is 19.3 Å². The zero-order valence-electron chi connectivity index (χ0n) is 11.2. The van der Waals surface area contributed by atoms with Gasteiger partial charge in [0.1, 0.15) is 5.03 Å². The first-order valence-corrected chi connectivity index (χ1v) is 7.68. The molecule has 19 heavy (non-hydrogen) atoms. The largest absolute Gasteiger partial charge is 0.462 e. The topological polar surface area (TPSA) is 65.2 Å². The Hall–Kier alpha value is -1.23. The summed E-state index contributed by atoms with van der Waals surface area (Å²) in [5, 5.41) is 1.30. The average molecular weight is 280 g/mol. The van der Waals surface area contributed by atoms with Gasteiger partial charge in [0, 0.05) is 5.25 Å². The monoisotopic (exact) mass is 280 g/mol. The molecule has 0 aliphatic heterocycles. The SMILES string of the molecule is CCOC(=O)c1cc(N)cnc1SC1CCCCC1. The molecule has 2 rings (SSSR count). The van der Waals surface area contributed by atoms with Gasteiger partial charge in [0.15, 0.2) is 0 Å². The van der Waals surface area contributed by atoms with Crippen LogP contribution in [0.2, 0.25) is 0 Å². The molecule has 1 aromatic rings. The number of anilines is 1. The number of thioether (sulfide) groups is 1. The average Bonchev–Trinajstić information content (AvgIpc) is 2.42. The zero-order valence-corrected chi connectivity index (χ0v) is 12.0. The molecule has 0 unspecified atom stereocenters. The molecule has 1 aromatic heterocycles. The first kappa shape index (κ1) is 14.2. The van der Waals surface area contributed by atoms with Crippen LogP contribution in [-0.4, -0.2) is 22.8 Å². The van der Waals surface area contributed by atoms with Crippen molar-refractivity contribution in [2.24, 2.45) is 0 Å². The van der Waals surface area contributed by atoms with Crippen LogP contribution in [0.25, 0.3) is 0 Å². The highest BCUT2D eigenvalue weighted by atomic mass is 32.2. The number of hydrogen-bond acceptors (Lipinski definition) is 5. The van der Waals surface area contributed by atoms with Crippen LogP contribution in [-0.2, 0) is 4.74 Å². The summed E-state index contributed by atoms with van der Waals surface area (Å²) in [4.78, 5) is 16.2. The van der Waals surface area contributed by atoms with E-state index in [-0.39, 0.29) is 5.97 Å². The third-order valence-electron chi connectivity index (χ3n) is 3.20. The number of carbonyl (C=O) groups excluding carboxylic acids is 1. The molecule has 104 valence electrons. The van der Waals surface area contributed by atoms with Crippen LogP contribution in [0.5, 0.6) is 0 Å². The molecule has 1 heterocycles. The molecular formula is C14H20N2O2S. The number of nitrogens with zero attached hydrogens (tertiary/aromatic N) is 1. The molecule has 5 heteroatoms. The minimum Gasteiger partial charge on any atom is -0.462 e. The number of rotatable bonds is 4. The van der Waals surface area contributed by atoms with E-state index in [1.165, 1.54) is 32.1 Å². The van der Waals surface area contributed by atoms with Crippen molar-refractivity contribution in [1.29, 1.82) is 0 Å². The van der Waals surface area contributed by atoms with Crippen LogP contribution in [0, 0.1) is 0 Å². The van der Waals surface area contributed by atoms with E-state index in [4.69, 9.17) is 10.5 Å². The summed E-state index contributed by atoms with van der Waals surface area (Å²) in [5.41, 5.74) is 6.71. The van der Waals surface area contributed by atoms with Crippen molar-refractivity contribution < 1.29 is 9.53 Å². The summed E-state index contributed by atoms with van der Waals surface area (Å²) in [5.74, 6) is -0.333. The maximum absolute atomic E-state index is 11.9. The van der Waals surface area contributed by atoms with E-state index in [0.717, 1.165) is 5.03 Å². The second kappa shape index (κ2) is 6.80. The fourth-order valence-electron chi connectivity index (χ4n) is 2.26. The molecule has 1 aliphatic carbocycles. The molecular weight excluding hydrogens is 260 g/mol. The molecule has 0 saturated heterocycles. The first-order valence-electron chi connectivity index (χ1n) is 6.80. The van der Waals surface area contributed by atoms with Crippen LogP contribution in [0.3, 0.4) is 0 Å². The number of esters is 1.